The summed E-state index contributed by atoms with van der Waals surface area (Å²) in [6, 6.07) is 9.59. The van der Waals surface area contributed by atoms with Crippen molar-refractivity contribution < 1.29 is 14.2 Å². The molecule has 2 unspecified atom stereocenters. The van der Waals surface area contributed by atoms with Gasteiger partial charge in [0.05, 0.1) is 11.3 Å². The molecule has 2 aliphatic heterocycles. The van der Waals surface area contributed by atoms with Gasteiger partial charge in [0.2, 0.25) is 11.8 Å². The van der Waals surface area contributed by atoms with Crippen molar-refractivity contribution in [3.8, 4) is 34.0 Å². The molecule has 30 heavy (non-hydrogen) atoms. The second-order valence-corrected chi connectivity index (χ2v) is 8.20. The topological polar surface area (TPSA) is 85.1 Å². The number of aromatic nitrogens is 4. The van der Waals surface area contributed by atoms with Crippen LogP contribution in [0.25, 0.3) is 22.4 Å². The Morgan fingerprint density at radius 1 is 1.10 bits per heavy atom. The highest BCUT2D eigenvalue weighted by Gasteiger charge is 2.32. The summed E-state index contributed by atoms with van der Waals surface area (Å²) in [5.41, 5.74) is 1.94. The minimum absolute atomic E-state index is 0.00454. The van der Waals surface area contributed by atoms with Gasteiger partial charge in [-0.15, -0.1) is 15.3 Å². The van der Waals surface area contributed by atoms with Crippen molar-refractivity contribution >= 4 is 0 Å². The lowest BCUT2D eigenvalue weighted by Gasteiger charge is -2.39. The first-order valence-electron chi connectivity index (χ1n) is 10.3. The number of nitrogens with zero attached hydrogens (tertiary/aromatic N) is 4. The zero-order chi connectivity index (χ0) is 20.7. The smallest absolute Gasteiger partial charge is 0.240 e. The SMILES string of the molecule is Cn1cc(-c2ccc(-c3ccc(OC4CC5CCCC(C4)N5)nn3)c(O)c2)c(F)n1. The third-order valence-corrected chi connectivity index (χ3v) is 5.97. The number of piperidine rings is 2. The highest BCUT2D eigenvalue weighted by atomic mass is 19.1. The number of phenols is 1. The predicted octanol–water partition coefficient (Wildman–Crippen LogP) is 3.44. The molecule has 1 aromatic carbocycles. The van der Waals surface area contributed by atoms with Crippen LogP contribution in [0, 0.1) is 5.95 Å². The Morgan fingerprint density at radius 3 is 2.53 bits per heavy atom. The summed E-state index contributed by atoms with van der Waals surface area (Å²) in [5.74, 6) is -0.0739. The van der Waals surface area contributed by atoms with Crippen LogP contribution in [0.4, 0.5) is 4.39 Å². The lowest BCUT2D eigenvalue weighted by atomic mass is 9.85. The van der Waals surface area contributed by atoms with Crippen molar-refractivity contribution in [2.45, 2.75) is 50.3 Å². The zero-order valence-corrected chi connectivity index (χ0v) is 16.8. The molecule has 2 saturated heterocycles. The fourth-order valence-electron chi connectivity index (χ4n) is 4.58. The maximum Gasteiger partial charge on any atom is 0.240 e. The molecule has 2 aliphatic rings. The second-order valence-electron chi connectivity index (χ2n) is 8.20. The molecule has 3 aromatic rings. The number of aromatic hydroxyl groups is 1. The molecule has 2 aromatic heterocycles. The highest BCUT2D eigenvalue weighted by Crippen LogP contribution is 2.34. The second kappa shape index (κ2) is 7.68. The van der Waals surface area contributed by atoms with E-state index in [1.165, 1.54) is 30.0 Å². The molecule has 7 nitrogen and oxygen atoms in total. The quantitative estimate of drug-likeness (QED) is 0.687. The van der Waals surface area contributed by atoms with E-state index in [0.717, 1.165) is 12.8 Å². The van der Waals surface area contributed by atoms with E-state index < -0.39 is 5.95 Å². The first-order valence-corrected chi connectivity index (χ1v) is 10.3. The number of benzene rings is 1. The third kappa shape index (κ3) is 3.75. The van der Waals surface area contributed by atoms with E-state index >= 15 is 0 Å². The van der Waals surface area contributed by atoms with Crippen molar-refractivity contribution in [2.24, 2.45) is 7.05 Å². The van der Waals surface area contributed by atoms with Gasteiger partial charge in [-0.3, -0.25) is 4.68 Å². The predicted molar refractivity (Wildman–Crippen MR) is 110 cm³/mol. The average Bonchev–Trinajstić information content (AvgIpc) is 3.06. The van der Waals surface area contributed by atoms with Gasteiger partial charge in [-0.25, -0.2) is 0 Å². The van der Waals surface area contributed by atoms with Crippen LogP contribution in [0.5, 0.6) is 11.6 Å². The Balaban J connectivity index is 1.31. The van der Waals surface area contributed by atoms with E-state index in [1.54, 1.807) is 37.5 Å². The normalized spacial score (nSPS) is 23.3. The molecule has 2 fully saturated rings. The number of hydrogen-bond donors (Lipinski definition) is 2. The Kier molecular flexibility index (Phi) is 4.86. The molecular weight excluding hydrogens is 385 g/mol. The molecule has 8 heteroatoms. The number of ether oxygens (including phenoxy) is 1. The molecule has 5 rings (SSSR count). The Hall–Kier alpha value is -3.00. The monoisotopic (exact) mass is 409 g/mol. The third-order valence-electron chi connectivity index (χ3n) is 5.97. The number of rotatable bonds is 4. The van der Waals surface area contributed by atoms with E-state index in [-0.39, 0.29) is 11.9 Å². The van der Waals surface area contributed by atoms with E-state index in [9.17, 15) is 9.50 Å². The van der Waals surface area contributed by atoms with Gasteiger partial charge in [0.15, 0.2) is 0 Å². The van der Waals surface area contributed by atoms with Crippen molar-refractivity contribution in [3.05, 3.63) is 42.5 Å². The summed E-state index contributed by atoms with van der Waals surface area (Å²) >= 11 is 0. The van der Waals surface area contributed by atoms with Crippen molar-refractivity contribution in [1.82, 2.24) is 25.3 Å². The van der Waals surface area contributed by atoms with Crippen molar-refractivity contribution in [1.29, 1.82) is 0 Å². The molecule has 2 N–H and O–H groups in total. The highest BCUT2D eigenvalue weighted by molar-refractivity contribution is 5.73. The fourth-order valence-corrected chi connectivity index (χ4v) is 4.58. The van der Waals surface area contributed by atoms with Crippen LogP contribution in [-0.2, 0) is 7.05 Å². The molecule has 156 valence electrons. The van der Waals surface area contributed by atoms with Gasteiger partial charge in [0, 0.05) is 37.0 Å². The molecule has 2 atom stereocenters. The molecule has 0 aliphatic carbocycles. The zero-order valence-electron chi connectivity index (χ0n) is 16.8. The van der Waals surface area contributed by atoms with Gasteiger partial charge >= 0.3 is 0 Å². The molecule has 0 amide bonds. The summed E-state index contributed by atoms with van der Waals surface area (Å²) in [7, 11) is 1.65. The van der Waals surface area contributed by atoms with E-state index in [0.29, 0.717) is 40.3 Å². The van der Waals surface area contributed by atoms with Crippen molar-refractivity contribution in [3.63, 3.8) is 0 Å². The molecular formula is C22H24FN5O2. The number of hydrogen-bond acceptors (Lipinski definition) is 6. The largest absolute Gasteiger partial charge is 0.507 e. The number of fused-ring (bicyclic) bond motifs is 2. The van der Waals surface area contributed by atoms with Gasteiger partial charge in [0.1, 0.15) is 11.9 Å². The molecule has 2 bridgehead atoms. The summed E-state index contributed by atoms with van der Waals surface area (Å²) in [4.78, 5) is 0. The standard InChI is InChI=1S/C22H24FN5O2/c1-28-12-18(22(23)27-28)13-5-6-17(20(29)9-13)19-7-8-21(26-25-19)30-16-10-14-3-2-4-15(11-16)24-14/h5-9,12,14-16,24,29H,2-4,10-11H2,1H3. The minimum atomic E-state index is -0.576. The Labute approximate surface area is 173 Å². The van der Waals surface area contributed by atoms with Gasteiger partial charge < -0.3 is 15.2 Å². The van der Waals surface area contributed by atoms with Crippen LogP contribution in [0.3, 0.4) is 0 Å². The number of halogens is 1. The minimum Gasteiger partial charge on any atom is -0.507 e. The van der Waals surface area contributed by atoms with Crippen LogP contribution >= 0.6 is 0 Å². The fraction of sp³-hybridized carbons (Fsp3) is 0.409. The molecule has 0 spiro atoms. The van der Waals surface area contributed by atoms with E-state index in [4.69, 9.17) is 4.74 Å². The van der Waals surface area contributed by atoms with Crippen LogP contribution in [0.2, 0.25) is 0 Å². The van der Waals surface area contributed by atoms with Gasteiger partial charge in [-0.2, -0.15) is 4.39 Å². The van der Waals surface area contributed by atoms with E-state index in [1.807, 2.05) is 0 Å². The summed E-state index contributed by atoms with van der Waals surface area (Å²) < 4.78 is 21.4. The lowest BCUT2D eigenvalue weighted by molar-refractivity contribution is 0.0881. The summed E-state index contributed by atoms with van der Waals surface area (Å²) in [6.45, 7) is 0. The van der Waals surface area contributed by atoms with Crippen LogP contribution in [0.1, 0.15) is 32.1 Å². The van der Waals surface area contributed by atoms with E-state index in [2.05, 4.69) is 20.6 Å². The maximum atomic E-state index is 13.9. The Morgan fingerprint density at radius 2 is 1.90 bits per heavy atom. The average molecular weight is 409 g/mol. The van der Waals surface area contributed by atoms with Crippen molar-refractivity contribution in [2.75, 3.05) is 0 Å². The Bertz CT molecular complexity index is 1040. The van der Waals surface area contributed by atoms with Crippen LogP contribution in [-0.4, -0.2) is 43.3 Å². The molecule has 4 heterocycles. The van der Waals surface area contributed by atoms with Gasteiger partial charge in [-0.1, -0.05) is 12.5 Å². The van der Waals surface area contributed by atoms with Crippen LogP contribution < -0.4 is 10.1 Å². The number of nitrogens with one attached hydrogen (secondary N) is 1. The van der Waals surface area contributed by atoms with Gasteiger partial charge in [-0.05, 0) is 49.4 Å². The number of aryl methyl sites for hydroxylation is 1. The summed E-state index contributed by atoms with van der Waals surface area (Å²) in [6.07, 6.45) is 7.42. The molecule has 0 saturated carbocycles. The first-order chi connectivity index (χ1) is 14.5. The maximum absolute atomic E-state index is 13.9. The van der Waals surface area contributed by atoms with Gasteiger partial charge in [0.25, 0.3) is 0 Å². The molecule has 0 radical (unpaired) electrons. The van der Waals surface area contributed by atoms with Crippen LogP contribution in [0.15, 0.2) is 36.5 Å². The lowest BCUT2D eigenvalue weighted by Crippen LogP contribution is -2.51. The summed E-state index contributed by atoms with van der Waals surface area (Å²) in [5, 5.41) is 26.3. The number of phenolic OH excluding ortho intramolecular Hbond substituents is 1. The first kappa shape index (κ1) is 19.0.